The topological polar surface area (TPSA) is 42.0 Å². The number of Topliss-reactive ketones (excluding diaryl/α,β-unsaturated/α-hetero) is 1. The first-order valence-electron chi connectivity index (χ1n) is 10.2. The van der Waals surface area contributed by atoms with Gasteiger partial charge < -0.3 is 5.32 Å². The minimum atomic E-state index is -0.212. The smallest absolute Gasteiger partial charge is 0.183 e. The predicted molar refractivity (Wildman–Crippen MR) is 143 cm³/mol. The summed E-state index contributed by atoms with van der Waals surface area (Å²) in [6, 6.07) is 15.8. The number of benzene rings is 2. The highest BCUT2D eigenvalue weighted by Gasteiger charge is 2.23. The highest BCUT2D eigenvalue weighted by Crippen LogP contribution is 2.36. The molecule has 164 valence electrons. The minimum absolute atomic E-state index is 0.119. The lowest BCUT2D eigenvalue weighted by Gasteiger charge is -2.17. The summed E-state index contributed by atoms with van der Waals surface area (Å²) in [5, 5.41) is 4.40. The summed E-state index contributed by atoms with van der Waals surface area (Å²) in [5.74, 6) is 0.717. The van der Waals surface area contributed by atoms with Crippen molar-refractivity contribution in [2.24, 2.45) is 5.92 Å². The largest absolute Gasteiger partial charge is 0.361 e. The number of carbonyl (C=O) groups excluding carboxylic acids is 1. The third-order valence-corrected chi connectivity index (χ3v) is 8.74. The summed E-state index contributed by atoms with van der Waals surface area (Å²) in [4.78, 5) is 18.7. The molecule has 31 heavy (non-hydrogen) atoms. The molecule has 1 heterocycles. The van der Waals surface area contributed by atoms with E-state index in [0.29, 0.717) is 5.92 Å². The van der Waals surface area contributed by atoms with Gasteiger partial charge in [0.1, 0.15) is 0 Å². The predicted octanol–water partition coefficient (Wildman–Crippen LogP) is 8.54. The van der Waals surface area contributed by atoms with E-state index in [9.17, 15) is 4.79 Å². The second-order valence-electron chi connectivity index (χ2n) is 7.86. The van der Waals surface area contributed by atoms with Crippen molar-refractivity contribution >= 4 is 70.0 Å². The lowest BCUT2D eigenvalue weighted by Crippen LogP contribution is -2.24. The average molecular weight is 629 g/mol. The molecule has 0 aliphatic rings. The number of nitrogens with zero attached hydrogens (tertiary/aromatic N) is 1. The summed E-state index contributed by atoms with van der Waals surface area (Å²) in [6.45, 7) is 7.27. The van der Waals surface area contributed by atoms with Gasteiger partial charge >= 0.3 is 0 Å². The first-order chi connectivity index (χ1) is 14.8. The van der Waals surface area contributed by atoms with Crippen molar-refractivity contribution in [3.8, 4) is 11.3 Å². The van der Waals surface area contributed by atoms with Gasteiger partial charge in [0.05, 0.1) is 10.5 Å². The third kappa shape index (κ3) is 6.50. The van der Waals surface area contributed by atoms with E-state index < -0.39 is 0 Å². The number of anilines is 1. The second kappa shape index (κ2) is 11.2. The summed E-state index contributed by atoms with van der Waals surface area (Å²) < 4.78 is 2.03. The van der Waals surface area contributed by atoms with Gasteiger partial charge in [-0.05, 0) is 42.5 Å². The Hall–Kier alpha value is -1.02. The number of carbonyl (C=O) groups is 1. The molecular weight excluding hydrogens is 604 g/mol. The van der Waals surface area contributed by atoms with Crippen LogP contribution in [0, 0.1) is 5.92 Å². The van der Waals surface area contributed by atoms with Crippen molar-refractivity contribution in [3.05, 3.63) is 67.9 Å². The lowest BCUT2D eigenvalue weighted by molar-refractivity contribution is 0.0974. The van der Waals surface area contributed by atoms with Crippen LogP contribution in [0.25, 0.3) is 11.3 Å². The minimum Gasteiger partial charge on any atom is -0.361 e. The number of alkyl halides is 1. The summed E-state index contributed by atoms with van der Waals surface area (Å²) in [6.07, 6.45) is 0.863. The van der Waals surface area contributed by atoms with E-state index >= 15 is 0 Å². The SMILES string of the molecule is CC(C)c1sc(NCCC(C)C(Br)C(=O)c2ccc(Br)cc2)nc1-c1ccc(Br)cc1. The molecule has 1 aromatic heterocycles. The molecule has 0 saturated carbocycles. The highest BCUT2D eigenvalue weighted by atomic mass is 79.9. The van der Waals surface area contributed by atoms with Crippen molar-refractivity contribution in [3.63, 3.8) is 0 Å². The molecule has 2 atom stereocenters. The summed E-state index contributed by atoms with van der Waals surface area (Å²) in [7, 11) is 0. The van der Waals surface area contributed by atoms with Crippen molar-refractivity contribution < 1.29 is 4.79 Å². The molecule has 7 heteroatoms. The van der Waals surface area contributed by atoms with E-state index in [0.717, 1.165) is 43.9 Å². The zero-order valence-electron chi connectivity index (χ0n) is 17.7. The lowest BCUT2D eigenvalue weighted by atomic mass is 9.97. The van der Waals surface area contributed by atoms with Crippen LogP contribution in [-0.2, 0) is 0 Å². The fourth-order valence-electron chi connectivity index (χ4n) is 3.20. The Bertz CT molecular complexity index is 1020. The molecule has 0 spiro atoms. The van der Waals surface area contributed by atoms with E-state index in [1.807, 2.05) is 36.4 Å². The van der Waals surface area contributed by atoms with Gasteiger partial charge in [-0.15, -0.1) is 11.3 Å². The fraction of sp³-hybridized carbons (Fsp3) is 0.333. The fourth-order valence-corrected chi connectivity index (χ4v) is 5.27. The number of hydrogen-bond acceptors (Lipinski definition) is 4. The molecule has 0 amide bonds. The first kappa shape index (κ1) is 24.6. The Morgan fingerprint density at radius 1 is 1.00 bits per heavy atom. The van der Waals surface area contributed by atoms with Crippen LogP contribution in [0.2, 0.25) is 0 Å². The normalized spacial score (nSPS) is 13.3. The van der Waals surface area contributed by atoms with Crippen molar-refractivity contribution in [1.29, 1.82) is 0 Å². The summed E-state index contributed by atoms with van der Waals surface area (Å²) in [5.41, 5.74) is 2.91. The standard InChI is InChI=1S/C24H25Br3N2OS/c1-14(2)23-21(16-4-8-18(25)9-5-16)29-24(31-23)28-13-12-15(3)20(27)22(30)17-6-10-19(26)11-7-17/h4-11,14-15,20H,12-13H2,1-3H3,(H,28,29). The number of hydrogen-bond donors (Lipinski definition) is 1. The first-order valence-corrected chi connectivity index (χ1v) is 13.5. The molecular formula is C24H25Br3N2OS. The maximum Gasteiger partial charge on any atom is 0.183 e. The number of ketones is 1. The van der Waals surface area contributed by atoms with Crippen molar-refractivity contribution in [1.82, 2.24) is 4.98 Å². The molecule has 0 aliphatic carbocycles. The van der Waals surface area contributed by atoms with Crippen LogP contribution in [0.4, 0.5) is 5.13 Å². The number of rotatable bonds is 9. The molecule has 3 nitrogen and oxygen atoms in total. The van der Waals surface area contributed by atoms with Crippen LogP contribution in [0.1, 0.15) is 48.3 Å². The van der Waals surface area contributed by atoms with Crippen LogP contribution >= 0.6 is 59.1 Å². The molecule has 3 aromatic rings. The van der Waals surface area contributed by atoms with Gasteiger partial charge in [-0.3, -0.25) is 4.79 Å². The monoisotopic (exact) mass is 626 g/mol. The molecule has 0 fully saturated rings. The van der Waals surface area contributed by atoms with Crippen LogP contribution in [-0.4, -0.2) is 22.1 Å². The molecule has 0 aliphatic heterocycles. The Morgan fingerprint density at radius 2 is 1.58 bits per heavy atom. The van der Waals surface area contributed by atoms with Crippen molar-refractivity contribution in [2.75, 3.05) is 11.9 Å². The second-order valence-corrected chi connectivity index (χ2v) is 11.7. The van der Waals surface area contributed by atoms with Gasteiger partial charge in [-0.25, -0.2) is 4.98 Å². The molecule has 2 aromatic carbocycles. The number of halogens is 3. The van der Waals surface area contributed by atoms with E-state index in [-0.39, 0.29) is 16.5 Å². The Labute approximate surface area is 213 Å². The van der Waals surface area contributed by atoms with E-state index in [2.05, 4.69) is 86.0 Å². The van der Waals surface area contributed by atoms with Gasteiger partial charge in [0.2, 0.25) is 0 Å². The number of nitrogens with one attached hydrogen (secondary N) is 1. The highest BCUT2D eigenvalue weighted by molar-refractivity contribution is 9.10. The van der Waals surface area contributed by atoms with Gasteiger partial charge in [-0.1, -0.05) is 92.8 Å². The third-order valence-electron chi connectivity index (χ3n) is 5.05. The maximum atomic E-state index is 12.7. The molecule has 0 saturated heterocycles. The Kier molecular flexibility index (Phi) is 8.91. The van der Waals surface area contributed by atoms with E-state index in [1.165, 1.54) is 4.88 Å². The van der Waals surface area contributed by atoms with Gasteiger partial charge in [0.25, 0.3) is 0 Å². The zero-order valence-corrected chi connectivity index (χ0v) is 23.2. The van der Waals surface area contributed by atoms with Crippen molar-refractivity contribution in [2.45, 2.75) is 37.9 Å². The molecule has 0 bridgehead atoms. The quantitative estimate of drug-likeness (QED) is 0.191. The van der Waals surface area contributed by atoms with E-state index in [1.54, 1.807) is 11.3 Å². The Morgan fingerprint density at radius 3 is 2.16 bits per heavy atom. The molecule has 1 N–H and O–H groups in total. The van der Waals surface area contributed by atoms with Gasteiger partial charge in [0, 0.05) is 31.5 Å². The van der Waals surface area contributed by atoms with Crippen LogP contribution in [0.5, 0.6) is 0 Å². The van der Waals surface area contributed by atoms with Gasteiger partial charge in [-0.2, -0.15) is 0 Å². The number of thiazole rings is 1. The molecule has 0 radical (unpaired) electrons. The van der Waals surface area contributed by atoms with Crippen LogP contribution in [0.3, 0.4) is 0 Å². The number of aromatic nitrogens is 1. The molecule has 2 unspecified atom stereocenters. The van der Waals surface area contributed by atoms with Gasteiger partial charge in [0.15, 0.2) is 10.9 Å². The average Bonchev–Trinajstić information content (AvgIpc) is 3.18. The maximum absolute atomic E-state index is 12.7. The molecule has 3 rings (SSSR count). The Balaban J connectivity index is 1.62. The summed E-state index contributed by atoms with van der Waals surface area (Å²) >= 11 is 12.2. The van der Waals surface area contributed by atoms with Crippen LogP contribution in [0.15, 0.2) is 57.5 Å². The van der Waals surface area contributed by atoms with Crippen LogP contribution < -0.4 is 5.32 Å². The zero-order chi connectivity index (χ0) is 22.5. The van der Waals surface area contributed by atoms with E-state index in [4.69, 9.17) is 4.98 Å².